The first-order valence-corrected chi connectivity index (χ1v) is 10.1. The van der Waals surface area contributed by atoms with Gasteiger partial charge >= 0.3 is 0 Å². The molecule has 0 saturated heterocycles. The molecular formula is C23H18ClN3O4. The van der Waals surface area contributed by atoms with Crippen LogP contribution in [-0.4, -0.2) is 22.8 Å². The summed E-state index contributed by atoms with van der Waals surface area (Å²) in [6, 6.07) is 19.7. The van der Waals surface area contributed by atoms with Crippen molar-refractivity contribution in [2.24, 2.45) is 5.10 Å². The maximum Gasteiger partial charge on any atom is 0.269 e. The van der Waals surface area contributed by atoms with Crippen LogP contribution in [0.1, 0.15) is 35.4 Å². The van der Waals surface area contributed by atoms with Crippen LogP contribution in [0.3, 0.4) is 0 Å². The van der Waals surface area contributed by atoms with Gasteiger partial charge in [0.2, 0.25) is 6.23 Å². The molecule has 2 atom stereocenters. The number of nitro groups is 1. The number of hydrogen-bond donors (Lipinski definition) is 0. The number of rotatable bonds is 4. The third-order valence-corrected chi connectivity index (χ3v) is 5.80. The molecule has 0 spiro atoms. The number of hydrazone groups is 1. The van der Waals surface area contributed by atoms with Crippen LogP contribution < -0.4 is 9.47 Å². The van der Waals surface area contributed by atoms with Crippen molar-refractivity contribution in [1.82, 2.24) is 5.01 Å². The second-order valence-corrected chi connectivity index (χ2v) is 7.81. The number of benzene rings is 3. The Kier molecular flexibility index (Phi) is 4.75. The highest BCUT2D eigenvalue weighted by Crippen LogP contribution is 2.48. The van der Waals surface area contributed by atoms with E-state index in [2.05, 4.69) is 0 Å². The van der Waals surface area contributed by atoms with Gasteiger partial charge in [0.05, 0.1) is 23.8 Å². The van der Waals surface area contributed by atoms with Crippen molar-refractivity contribution in [2.75, 3.05) is 7.11 Å². The van der Waals surface area contributed by atoms with Gasteiger partial charge in [0, 0.05) is 34.7 Å². The molecular weight excluding hydrogens is 418 g/mol. The minimum absolute atomic E-state index is 0.0344. The SMILES string of the molecule is COc1ccc(C2=NN3[C@H](C2)c2cc(Cl)ccc2O[C@H]3c2ccc([N+](=O)[O-])cc2)cc1. The molecule has 3 aromatic rings. The van der Waals surface area contributed by atoms with E-state index in [4.69, 9.17) is 26.2 Å². The van der Waals surface area contributed by atoms with E-state index in [0.29, 0.717) is 11.4 Å². The van der Waals surface area contributed by atoms with Gasteiger partial charge in [-0.2, -0.15) is 5.10 Å². The quantitative estimate of drug-likeness (QED) is 0.399. The molecule has 3 aromatic carbocycles. The van der Waals surface area contributed by atoms with E-state index < -0.39 is 11.2 Å². The van der Waals surface area contributed by atoms with Gasteiger partial charge in [-0.1, -0.05) is 11.6 Å². The lowest BCUT2D eigenvalue weighted by molar-refractivity contribution is -0.384. The number of nitro benzene ring substituents is 1. The molecule has 0 aliphatic carbocycles. The summed E-state index contributed by atoms with van der Waals surface area (Å²) in [7, 11) is 1.63. The fourth-order valence-corrected chi connectivity index (χ4v) is 4.18. The van der Waals surface area contributed by atoms with Crippen LogP contribution in [0.25, 0.3) is 0 Å². The van der Waals surface area contributed by atoms with E-state index >= 15 is 0 Å². The van der Waals surface area contributed by atoms with Gasteiger partial charge in [0.15, 0.2) is 0 Å². The summed E-state index contributed by atoms with van der Waals surface area (Å²) in [6.07, 6.45) is 0.183. The van der Waals surface area contributed by atoms with E-state index in [9.17, 15) is 10.1 Å². The second kappa shape index (κ2) is 7.59. The molecule has 0 radical (unpaired) electrons. The minimum Gasteiger partial charge on any atom is -0.497 e. The number of fused-ring (bicyclic) bond motifs is 3. The van der Waals surface area contributed by atoms with Gasteiger partial charge < -0.3 is 9.47 Å². The lowest BCUT2D eigenvalue weighted by Gasteiger charge is -2.38. The van der Waals surface area contributed by atoms with Gasteiger partial charge in [-0.25, -0.2) is 5.01 Å². The van der Waals surface area contributed by atoms with Crippen molar-refractivity contribution in [1.29, 1.82) is 0 Å². The summed E-state index contributed by atoms with van der Waals surface area (Å²) in [5.41, 5.74) is 3.72. The summed E-state index contributed by atoms with van der Waals surface area (Å²) in [5.74, 6) is 1.52. The molecule has 0 saturated carbocycles. The molecule has 0 fully saturated rings. The fraction of sp³-hybridized carbons (Fsp3) is 0.174. The number of hydrogen-bond acceptors (Lipinski definition) is 6. The number of methoxy groups -OCH3 is 1. The third-order valence-electron chi connectivity index (χ3n) is 5.56. The zero-order valence-electron chi connectivity index (χ0n) is 16.6. The highest BCUT2D eigenvalue weighted by Gasteiger charge is 2.41. The van der Waals surface area contributed by atoms with Gasteiger partial charge in [-0.15, -0.1) is 0 Å². The smallest absolute Gasteiger partial charge is 0.269 e. The van der Waals surface area contributed by atoms with Crippen LogP contribution in [-0.2, 0) is 0 Å². The van der Waals surface area contributed by atoms with Crippen molar-refractivity contribution < 1.29 is 14.4 Å². The maximum atomic E-state index is 11.0. The Labute approximate surface area is 183 Å². The van der Waals surface area contributed by atoms with Gasteiger partial charge in [-0.05, 0) is 60.2 Å². The average Bonchev–Trinajstić information content (AvgIpc) is 3.24. The molecule has 0 aromatic heterocycles. The first-order valence-electron chi connectivity index (χ1n) is 9.74. The molecule has 0 unspecified atom stereocenters. The van der Waals surface area contributed by atoms with Crippen molar-refractivity contribution in [3.8, 4) is 11.5 Å². The normalized spacial score (nSPS) is 19.2. The maximum absolute atomic E-state index is 11.0. The lowest BCUT2D eigenvalue weighted by atomic mass is 9.96. The van der Waals surface area contributed by atoms with E-state index in [1.165, 1.54) is 12.1 Å². The molecule has 5 rings (SSSR count). The average molecular weight is 436 g/mol. The molecule has 8 heteroatoms. The van der Waals surface area contributed by atoms with Crippen LogP contribution in [0.4, 0.5) is 5.69 Å². The molecule has 2 aliphatic heterocycles. The van der Waals surface area contributed by atoms with E-state index in [1.807, 2.05) is 41.4 Å². The number of halogens is 1. The van der Waals surface area contributed by atoms with Crippen LogP contribution >= 0.6 is 11.6 Å². The van der Waals surface area contributed by atoms with Crippen molar-refractivity contribution >= 4 is 23.0 Å². The van der Waals surface area contributed by atoms with Crippen molar-refractivity contribution in [3.63, 3.8) is 0 Å². The summed E-state index contributed by atoms with van der Waals surface area (Å²) in [6.45, 7) is 0. The fourth-order valence-electron chi connectivity index (χ4n) is 4.00. The molecule has 2 heterocycles. The Hall–Kier alpha value is -3.58. The Bertz CT molecular complexity index is 1180. The van der Waals surface area contributed by atoms with Crippen molar-refractivity contribution in [2.45, 2.75) is 18.7 Å². The highest BCUT2D eigenvalue weighted by molar-refractivity contribution is 6.30. The predicted octanol–water partition coefficient (Wildman–Crippen LogP) is 5.50. The van der Waals surface area contributed by atoms with Crippen molar-refractivity contribution in [3.05, 3.63) is 98.6 Å². The summed E-state index contributed by atoms with van der Waals surface area (Å²) in [5, 5.41) is 18.5. The van der Waals surface area contributed by atoms with E-state index in [0.717, 1.165) is 33.9 Å². The minimum atomic E-state index is -0.504. The molecule has 0 amide bonds. The van der Waals surface area contributed by atoms with Gasteiger partial charge in [0.1, 0.15) is 11.5 Å². The molecule has 31 heavy (non-hydrogen) atoms. The van der Waals surface area contributed by atoms with Gasteiger partial charge in [-0.3, -0.25) is 10.1 Å². The Morgan fingerprint density at radius 3 is 2.55 bits per heavy atom. The molecule has 2 aliphatic rings. The zero-order valence-corrected chi connectivity index (χ0v) is 17.3. The number of ether oxygens (including phenoxy) is 2. The van der Waals surface area contributed by atoms with E-state index in [-0.39, 0.29) is 11.7 Å². The Balaban J connectivity index is 1.55. The van der Waals surface area contributed by atoms with Gasteiger partial charge in [0.25, 0.3) is 5.69 Å². The molecule has 7 nitrogen and oxygen atoms in total. The largest absolute Gasteiger partial charge is 0.497 e. The van der Waals surface area contributed by atoms with Crippen LogP contribution in [0, 0.1) is 10.1 Å². The zero-order chi connectivity index (χ0) is 21.5. The first kappa shape index (κ1) is 19.4. The summed E-state index contributed by atoms with van der Waals surface area (Å²) < 4.78 is 11.5. The number of nitrogens with zero attached hydrogens (tertiary/aromatic N) is 3. The monoisotopic (exact) mass is 435 g/mol. The summed E-state index contributed by atoms with van der Waals surface area (Å²) in [4.78, 5) is 10.6. The Morgan fingerprint density at radius 2 is 1.87 bits per heavy atom. The molecule has 0 bridgehead atoms. The number of non-ortho nitro benzene ring substituents is 1. The summed E-state index contributed by atoms with van der Waals surface area (Å²) >= 11 is 6.27. The van der Waals surface area contributed by atoms with Crippen LogP contribution in [0.5, 0.6) is 11.5 Å². The lowest BCUT2D eigenvalue weighted by Crippen LogP contribution is -2.33. The highest BCUT2D eigenvalue weighted by atomic mass is 35.5. The standard InChI is InChI=1S/C23H18ClN3O4/c1-30-18-9-4-14(5-10-18)20-13-21-19-12-16(24)6-11-22(19)31-23(26(21)25-20)15-2-7-17(8-3-15)27(28)29/h2-12,21,23H,13H2,1H3/t21-,23+/m1/s1. The molecule has 156 valence electrons. The Morgan fingerprint density at radius 1 is 1.13 bits per heavy atom. The first-order chi connectivity index (χ1) is 15.0. The van der Waals surface area contributed by atoms with Crippen LogP contribution in [0.15, 0.2) is 71.8 Å². The van der Waals surface area contributed by atoms with Crippen LogP contribution in [0.2, 0.25) is 5.02 Å². The molecule has 0 N–H and O–H groups in total. The predicted molar refractivity (Wildman–Crippen MR) is 117 cm³/mol. The van der Waals surface area contributed by atoms with E-state index in [1.54, 1.807) is 25.3 Å². The topological polar surface area (TPSA) is 77.2 Å². The second-order valence-electron chi connectivity index (χ2n) is 7.38. The third kappa shape index (κ3) is 3.47.